The average molecular weight is 349 g/mol. The Bertz CT molecular complexity index is 497. The van der Waals surface area contributed by atoms with Crippen molar-refractivity contribution in [1.29, 1.82) is 0 Å². The van der Waals surface area contributed by atoms with Crippen LogP contribution in [0.3, 0.4) is 0 Å². The SMILES string of the molecule is CCCn1nccc1-c1ncc(I)c(Cl)n1. The van der Waals surface area contributed by atoms with Crippen molar-refractivity contribution < 1.29 is 0 Å². The molecule has 6 heteroatoms. The number of rotatable bonds is 3. The fourth-order valence-corrected chi connectivity index (χ4v) is 1.77. The molecule has 0 bridgehead atoms. The van der Waals surface area contributed by atoms with Gasteiger partial charge in [0.25, 0.3) is 0 Å². The van der Waals surface area contributed by atoms with E-state index < -0.39 is 0 Å². The lowest BCUT2D eigenvalue weighted by Crippen LogP contribution is -2.03. The third-order valence-corrected chi connectivity index (χ3v) is 3.48. The highest BCUT2D eigenvalue weighted by molar-refractivity contribution is 14.1. The maximum absolute atomic E-state index is 5.97. The first kappa shape index (κ1) is 11.8. The molecule has 2 heterocycles. The van der Waals surface area contributed by atoms with Gasteiger partial charge in [0.15, 0.2) is 5.82 Å². The molecule has 0 unspecified atom stereocenters. The van der Waals surface area contributed by atoms with Gasteiger partial charge in [-0.1, -0.05) is 18.5 Å². The molecule has 0 N–H and O–H groups in total. The molecule has 2 rings (SSSR count). The summed E-state index contributed by atoms with van der Waals surface area (Å²) in [5.74, 6) is 0.622. The van der Waals surface area contributed by atoms with Gasteiger partial charge in [-0.25, -0.2) is 9.97 Å². The second kappa shape index (κ2) is 5.09. The van der Waals surface area contributed by atoms with E-state index in [1.165, 1.54) is 0 Å². The Balaban J connectivity index is 2.42. The van der Waals surface area contributed by atoms with Gasteiger partial charge >= 0.3 is 0 Å². The number of aryl methyl sites for hydroxylation is 1. The normalized spacial score (nSPS) is 10.7. The van der Waals surface area contributed by atoms with Gasteiger partial charge in [0, 0.05) is 18.9 Å². The summed E-state index contributed by atoms with van der Waals surface area (Å²) in [6.45, 7) is 2.96. The highest BCUT2D eigenvalue weighted by atomic mass is 127. The van der Waals surface area contributed by atoms with Gasteiger partial charge in [0.2, 0.25) is 0 Å². The van der Waals surface area contributed by atoms with Crippen molar-refractivity contribution in [3.05, 3.63) is 27.2 Å². The highest BCUT2D eigenvalue weighted by Gasteiger charge is 2.09. The van der Waals surface area contributed by atoms with Gasteiger partial charge in [-0.05, 0) is 35.1 Å². The maximum atomic E-state index is 5.97. The summed E-state index contributed by atoms with van der Waals surface area (Å²) >= 11 is 8.08. The molecule has 0 aliphatic heterocycles. The number of hydrogen-bond acceptors (Lipinski definition) is 3. The van der Waals surface area contributed by atoms with Gasteiger partial charge in [0.05, 0.1) is 3.57 Å². The number of nitrogens with zero attached hydrogens (tertiary/aromatic N) is 4. The molecule has 16 heavy (non-hydrogen) atoms. The Morgan fingerprint density at radius 1 is 1.50 bits per heavy atom. The predicted molar refractivity (Wildman–Crippen MR) is 71.3 cm³/mol. The number of aromatic nitrogens is 4. The minimum Gasteiger partial charge on any atom is -0.262 e. The van der Waals surface area contributed by atoms with Gasteiger partial charge in [-0.2, -0.15) is 5.10 Å². The summed E-state index contributed by atoms with van der Waals surface area (Å²) in [4.78, 5) is 8.50. The lowest BCUT2D eigenvalue weighted by Gasteiger charge is -2.05. The van der Waals surface area contributed by atoms with Crippen LogP contribution in [0.15, 0.2) is 18.5 Å². The van der Waals surface area contributed by atoms with Gasteiger partial charge in [0.1, 0.15) is 10.8 Å². The van der Waals surface area contributed by atoms with Crippen molar-refractivity contribution in [2.45, 2.75) is 19.9 Å². The van der Waals surface area contributed by atoms with Crippen LogP contribution >= 0.6 is 34.2 Å². The Morgan fingerprint density at radius 2 is 2.31 bits per heavy atom. The van der Waals surface area contributed by atoms with E-state index in [2.05, 4.69) is 44.6 Å². The largest absolute Gasteiger partial charge is 0.262 e. The zero-order valence-corrected chi connectivity index (χ0v) is 11.6. The van der Waals surface area contributed by atoms with Crippen LogP contribution < -0.4 is 0 Å². The highest BCUT2D eigenvalue weighted by Crippen LogP contribution is 2.20. The Labute approximate surface area is 112 Å². The van der Waals surface area contributed by atoms with Crippen LogP contribution in [0, 0.1) is 3.57 Å². The molecule has 0 atom stereocenters. The van der Waals surface area contributed by atoms with Crippen LogP contribution in [0.4, 0.5) is 0 Å². The van der Waals surface area contributed by atoms with Crippen LogP contribution in [-0.2, 0) is 6.54 Å². The van der Waals surface area contributed by atoms with Gasteiger partial charge < -0.3 is 0 Å². The number of halogens is 2. The summed E-state index contributed by atoms with van der Waals surface area (Å²) in [5.41, 5.74) is 0.903. The molecule has 0 fully saturated rings. The van der Waals surface area contributed by atoms with Crippen LogP contribution in [0.2, 0.25) is 5.15 Å². The lowest BCUT2D eigenvalue weighted by molar-refractivity contribution is 0.606. The van der Waals surface area contributed by atoms with E-state index in [0.29, 0.717) is 11.0 Å². The zero-order chi connectivity index (χ0) is 11.5. The van der Waals surface area contributed by atoms with E-state index in [-0.39, 0.29) is 0 Å². The maximum Gasteiger partial charge on any atom is 0.179 e. The van der Waals surface area contributed by atoms with Crippen LogP contribution in [-0.4, -0.2) is 19.7 Å². The second-order valence-corrected chi connectivity index (χ2v) is 4.79. The van der Waals surface area contributed by atoms with E-state index >= 15 is 0 Å². The molecule has 0 saturated carbocycles. The lowest BCUT2D eigenvalue weighted by atomic mass is 10.4. The monoisotopic (exact) mass is 348 g/mol. The van der Waals surface area contributed by atoms with Gasteiger partial charge in [-0.3, -0.25) is 4.68 Å². The van der Waals surface area contributed by atoms with Crippen molar-refractivity contribution in [3.8, 4) is 11.5 Å². The topological polar surface area (TPSA) is 43.6 Å². The molecule has 2 aromatic rings. The quantitative estimate of drug-likeness (QED) is 0.632. The van der Waals surface area contributed by atoms with Crippen LogP contribution in [0.1, 0.15) is 13.3 Å². The molecular formula is C10H10ClIN4. The fraction of sp³-hybridized carbons (Fsp3) is 0.300. The summed E-state index contributed by atoms with van der Waals surface area (Å²) in [5, 5.41) is 4.71. The molecule has 0 aliphatic carbocycles. The molecule has 0 aromatic carbocycles. The summed E-state index contributed by atoms with van der Waals surface area (Å²) in [7, 11) is 0. The zero-order valence-electron chi connectivity index (χ0n) is 8.69. The second-order valence-electron chi connectivity index (χ2n) is 3.27. The van der Waals surface area contributed by atoms with Crippen molar-refractivity contribution in [3.63, 3.8) is 0 Å². The van der Waals surface area contributed by atoms with E-state index in [0.717, 1.165) is 22.2 Å². The standard InChI is InChI=1S/C10H10ClIN4/c1-2-5-16-8(3-4-14-16)10-13-6-7(12)9(11)15-10/h3-4,6H,2,5H2,1H3. The molecule has 2 aromatic heterocycles. The van der Waals surface area contributed by atoms with Crippen molar-refractivity contribution in [2.75, 3.05) is 0 Å². The average Bonchev–Trinajstić information content (AvgIpc) is 2.71. The summed E-state index contributed by atoms with van der Waals surface area (Å²) < 4.78 is 2.74. The third-order valence-electron chi connectivity index (χ3n) is 2.08. The van der Waals surface area contributed by atoms with Crippen molar-refractivity contribution in [1.82, 2.24) is 19.7 Å². The van der Waals surface area contributed by atoms with Crippen LogP contribution in [0.25, 0.3) is 11.5 Å². The van der Waals surface area contributed by atoms with E-state index in [1.807, 2.05) is 10.7 Å². The minimum atomic E-state index is 0.481. The first-order chi connectivity index (χ1) is 7.72. The molecule has 0 saturated heterocycles. The summed E-state index contributed by atoms with van der Waals surface area (Å²) in [6.07, 6.45) is 4.49. The summed E-state index contributed by atoms with van der Waals surface area (Å²) in [6, 6.07) is 1.90. The molecule has 0 spiro atoms. The van der Waals surface area contributed by atoms with Gasteiger partial charge in [-0.15, -0.1) is 0 Å². The van der Waals surface area contributed by atoms with E-state index in [4.69, 9.17) is 11.6 Å². The first-order valence-electron chi connectivity index (χ1n) is 4.92. The molecule has 84 valence electrons. The van der Waals surface area contributed by atoms with E-state index in [1.54, 1.807) is 12.4 Å². The molecule has 0 aliphatic rings. The third kappa shape index (κ3) is 2.35. The molecule has 4 nitrogen and oxygen atoms in total. The van der Waals surface area contributed by atoms with E-state index in [9.17, 15) is 0 Å². The van der Waals surface area contributed by atoms with Crippen molar-refractivity contribution >= 4 is 34.2 Å². The fourth-order valence-electron chi connectivity index (χ4n) is 1.38. The predicted octanol–water partition coefficient (Wildman–Crippen LogP) is 3.01. The Morgan fingerprint density at radius 3 is 3.00 bits per heavy atom. The van der Waals surface area contributed by atoms with Crippen LogP contribution in [0.5, 0.6) is 0 Å². The molecule has 0 radical (unpaired) electrons. The Kier molecular flexibility index (Phi) is 3.75. The molecule has 0 amide bonds. The van der Waals surface area contributed by atoms with Crippen molar-refractivity contribution in [2.24, 2.45) is 0 Å². The first-order valence-corrected chi connectivity index (χ1v) is 6.38. The Hall–Kier alpha value is -0.690. The smallest absolute Gasteiger partial charge is 0.179 e. The minimum absolute atomic E-state index is 0.481. The molecular weight excluding hydrogens is 338 g/mol. The number of hydrogen-bond donors (Lipinski definition) is 0.